The number of carbonyl (C=O) groups is 1. The summed E-state index contributed by atoms with van der Waals surface area (Å²) in [6.07, 6.45) is 5.17. The average molecular weight is 658 g/mol. The first-order chi connectivity index (χ1) is 21.4. The molecule has 3 aromatic carbocycles. The number of esters is 1. The van der Waals surface area contributed by atoms with Gasteiger partial charge in [-0.15, -0.1) is 0 Å². The van der Waals surface area contributed by atoms with Crippen molar-refractivity contribution < 1.29 is 36.0 Å². The molecule has 0 heterocycles. The van der Waals surface area contributed by atoms with Gasteiger partial charge in [-0.2, -0.15) is 17.2 Å². The van der Waals surface area contributed by atoms with Crippen LogP contribution in [0, 0.1) is 23.7 Å². The first-order valence-corrected chi connectivity index (χ1v) is 17.8. The van der Waals surface area contributed by atoms with Crippen LogP contribution in [0.5, 0.6) is 0 Å². The van der Waals surface area contributed by atoms with E-state index in [1.807, 2.05) is 0 Å². The standard InChI is InChI=1S/C18H15S.C17H24F2O6S/c1-4-10-16(11-5-1)19(17-12-6-2-7-13-17)18-14-8-3-9-15-18;1-10(8-24-9-17(18,19)26(21,22)23)15(20)25-16-6-12-3-13(7-16)5-14(4-12)11(16)2/h1-15H;11-14H,1,3-9H2,2H3,(H,21,22,23)/q+1;. The van der Waals surface area contributed by atoms with Crippen LogP contribution in [0.15, 0.2) is 118 Å². The lowest BCUT2D eigenvalue weighted by Gasteiger charge is -2.59. The molecule has 6 nitrogen and oxygen atoms in total. The van der Waals surface area contributed by atoms with E-state index in [-0.39, 0.29) is 22.4 Å². The van der Waals surface area contributed by atoms with Crippen LogP contribution in [-0.2, 0) is 35.3 Å². The number of ether oxygens (including phenoxy) is 2. The molecule has 45 heavy (non-hydrogen) atoms. The maximum Gasteiger partial charge on any atom is 0.392 e. The zero-order valence-corrected chi connectivity index (χ0v) is 26.8. The third-order valence-electron chi connectivity index (χ3n) is 9.19. The molecule has 4 fully saturated rings. The molecule has 4 bridgehead atoms. The monoisotopic (exact) mass is 657 g/mol. The van der Waals surface area contributed by atoms with E-state index in [0.29, 0.717) is 17.8 Å². The average Bonchev–Trinajstić information content (AvgIpc) is 3.01. The molecule has 7 rings (SSSR count). The van der Waals surface area contributed by atoms with E-state index in [4.69, 9.17) is 9.29 Å². The molecule has 4 aliphatic rings. The molecule has 4 saturated carbocycles. The van der Waals surface area contributed by atoms with Gasteiger partial charge in [0.2, 0.25) is 0 Å². The summed E-state index contributed by atoms with van der Waals surface area (Å²) in [5.41, 5.74) is -0.674. The minimum absolute atomic E-state index is 0.0146. The second-order valence-electron chi connectivity index (χ2n) is 12.3. The lowest BCUT2D eigenvalue weighted by molar-refractivity contribution is -0.202. The highest BCUT2D eigenvalue weighted by molar-refractivity contribution is 7.97. The molecule has 0 saturated heterocycles. The molecule has 0 aromatic heterocycles. The predicted molar refractivity (Wildman–Crippen MR) is 169 cm³/mol. The highest BCUT2D eigenvalue weighted by atomic mass is 32.2. The molecule has 0 aliphatic heterocycles. The molecular formula is C35H39F2O6S2+. The van der Waals surface area contributed by atoms with Crippen LogP contribution in [0.3, 0.4) is 0 Å². The van der Waals surface area contributed by atoms with Gasteiger partial charge in [-0.3, -0.25) is 4.55 Å². The Balaban J connectivity index is 0.000000186. The molecule has 1 N–H and O–H groups in total. The van der Waals surface area contributed by atoms with Gasteiger partial charge in [0, 0.05) is 0 Å². The van der Waals surface area contributed by atoms with Gasteiger partial charge in [-0.25, -0.2) is 4.79 Å². The highest BCUT2D eigenvalue weighted by Crippen LogP contribution is 2.60. The Morgan fingerprint density at radius 1 is 0.889 bits per heavy atom. The first-order valence-electron chi connectivity index (χ1n) is 15.1. The number of carbonyl (C=O) groups excluding carboxylic acids is 1. The maximum absolute atomic E-state index is 13.1. The first kappa shape index (κ1) is 33.3. The number of benzene rings is 3. The smallest absolute Gasteiger partial charge is 0.392 e. The van der Waals surface area contributed by atoms with Gasteiger partial charge in [-0.05, 0) is 92.2 Å². The van der Waals surface area contributed by atoms with E-state index in [1.165, 1.54) is 33.9 Å². The molecule has 3 atom stereocenters. The summed E-state index contributed by atoms with van der Waals surface area (Å²) in [4.78, 5) is 16.5. The third-order valence-corrected chi connectivity index (χ3v) is 12.3. The van der Waals surface area contributed by atoms with E-state index >= 15 is 0 Å². The third kappa shape index (κ3) is 7.68. The summed E-state index contributed by atoms with van der Waals surface area (Å²) in [6, 6.07) is 32.2. The number of hydrogen-bond acceptors (Lipinski definition) is 5. The van der Waals surface area contributed by atoms with Gasteiger partial charge >= 0.3 is 21.3 Å². The fourth-order valence-corrected chi connectivity index (χ4v) is 9.49. The van der Waals surface area contributed by atoms with Crippen LogP contribution in [0.25, 0.3) is 0 Å². The molecule has 4 aliphatic carbocycles. The van der Waals surface area contributed by atoms with Crippen LogP contribution in [0.4, 0.5) is 8.78 Å². The Morgan fingerprint density at radius 3 is 1.76 bits per heavy atom. The fraction of sp³-hybridized carbons (Fsp3) is 0.400. The van der Waals surface area contributed by atoms with Crippen molar-refractivity contribution in [2.24, 2.45) is 23.7 Å². The van der Waals surface area contributed by atoms with Gasteiger partial charge < -0.3 is 9.47 Å². The zero-order chi connectivity index (χ0) is 32.2. The van der Waals surface area contributed by atoms with Gasteiger partial charge in [0.1, 0.15) is 12.2 Å². The number of alkyl halides is 2. The van der Waals surface area contributed by atoms with Crippen molar-refractivity contribution in [3.8, 4) is 0 Å². The van der Waals surface area contributed by atoms with Gasteiger partial charge in [0.05, 0.1) is 23.1 Å². The molecule has 0 radical (unpaired) electrons. The Bertz CT molecular complexity index is 1460. The SMILES string of the molecule is C=C(COCC(F)(F)S(=O)(=O)O)C(=O)OC12CC3CC(CC(C3)C1C)C2.c1ccc([S+](c2ccccc2)c2ccccc2)cc1. The van der Waals surface area contributed by atoms with Crippen LogP contribution < -0.4 is 0 Å². The molecule has 240 valence electrons. The van der Waals surface area contributed by atoms with E-state index in [0.717, 1.165) is 12.8 Å². The minimum Gasteiger partial charge on any atom is -0.455 e. The summed E-state index contributed by atoms with van der Waals surface area (Å²) >= 11 is 0. The summed E-state index contributed by atoms with van der Waals surface area (Å²) in [6.45, 7) is 3.45. The summed E-state index contributed by atoms with van der Waals surface area (Å²) < 4.78 is 66.1. The largest absolute Gasteiger partial charge is 0.455 e. The second kappa shape index (κ2) is 13.7. The van der Waals surface area contributed by atoms with Gasteiger partial charge in [0.25, 0.3) is 0 Å². The van der Waals surface area contributed by atoms with Crippen molar-refractivity contribution in [2.75, 3.05) is 13.2 Å². The summed E-state index contributed by atoms with van der Waals surface area (Å²) in [5, 5.41) is -4.44. The Morgan fingerprint density at radius 2 is 1.33 bits per heavy atom. The number of halogens is 2. The Hall–Kier alpha value is -3.05. The van der Waals surface area contributed by atoms with Crippen molar-refractivity contribution in [2.45, 2.75) is 64.6 Å². The predicted octanol–water partition coefficient (Wildman–Crippen LogP) is 7.58. The Kier molecular flexibility index (Phi) is 10.2. The van der Waals surface area contributed by atoms with E-state index in [1.54, 1.807) is 0 Å². The summed E-state index contributed by atoms with van der Waals surface area (Å²) in [5.74, 6) is 1.22. The van der Waals surface area contributed by atoms with Crippen molar-refractivity contribution in [3.05, 3.63) is 103 Å². The van der Waals surface area contributed by atoms with E-state index in [9.17, 15) is 22.0 Å². The van der Waals surface area contributed by atoms with Crippen LogP contribution in [0.1, 0.15) is 39.0 Å². The van der Waals surface area contributed by atoms with E-state index < -0.39 is 40.2 Å². The number of rotatable bonds is 10. The molecule has 0 amide bonds. The molecular weight excluding hydrogens is 619 g/mol. The fourth-order valence-electron chi connectivity index (χ4n) is 7.16. The maximum atomic E-state index is 13.1. The minimum atomic E-state index is -5.57. The normalized spacial score (nSPS) is 25.4. The van der Waals surface area contributed by atoms with Crippen molar-refractivity contribution in [1.82, 2.24) is 0 Å². The molecule has 0 spiro atoms. The van der Waals surface area contributed by atoms with Crippen molar-refractivity contribution in [1.29, 1.82) is 0 Å². The zero-order valence-electron chi connectivity index (χ0n) is 25.2. The van der Waals surface area contributed by atoms with Crippen LogP contribution >= 0.6 is 0 Å². The van der Waals surface area contributed by atoms with E-state index in [2.05, 4.69) is 109 Å². The highest BCUT2D eigenvalue weighted by Gasteiger charge is 2.57. The topological polar surface area (TPSA) is 89.9 Å². The second-order valence-corrected chi connectivity index (χ2v) is 15.9. The van der Waals surface area contributed by atoms with Crippen LogP contribution in [0.2, 0.25) is 0 Å². The molecule has 3 aromatic rings. The summed E-state index contributed by atoms with van der Waals surface area (Å²) in [7, 11) is -5.58. The quantitative estimate of drug-likeness (QED) is 0.105. The van der Waals surface area contributed by atoms with Crippen molar-refractivity contribution in [3.63, 3.8) is 0 Å². The van der Waals surface area contributed by atoms with Gasteiger partial charge in [0.15, 0.2) is 14.7 Å². The van der Waals surface area contributed by atoms with Crippen LogP contribution in [-0.4, -0.2) is 43.0 Å². The lowest BCUT2D eigenvalue weighted by atomic mass is 9.50. The number of hydrogen-bond donors (Lipinski definition) is 1. The lowest BCUT2D eigenvalue weighted by Crippen LogP contribution is -2.58. The molecule has 3 unspecified atom stereocenters. The molecule has 10 heteroatoms. The van der Waals surface area contributed by atoms with Crippen molar-refractivity contribution >= 4 is 27.0 Å². The van der Waals surface area contributed by atoms with Gasteiger partial charge in [-0.1, -0.05) is 68.1 Å². The Labute approximate surface area is 266 Å².